The van der Waals surface area contributed by atoms with Gasteiger partial charge >= 0.3 is 0 Å². The zero-order valence-electron chi connectivity index (χ0n) is 10.4. The van der Waals surface area contributed by atoms with Crippen molar-refractivity contribution < 1.29 is 9.00 Å². The minimum atomic E-state index is -0.716. The zero-order chi connectivity index (χ0) is 13.1. The number of nitrogen functional groups attached to an aromatic ring is 1. The van der Waals surface area contributed by atoms with E-state index in [0.717, 1.165) is 12.8 Å². The van der Waals surface area contributed by atoms with Crippen molar-refractivity contribution >= 4 is 22.4 Å². The number of carbonyl (C=O) groups is 1. The standard InChI is InChI=1S/C11H18N4O2S/c1-2-15-10(9(12)7-13-15)11(16)14-8-3-5-18(17)6-4-8/h7-8H,2-6,12H2,1H3,(H,14,16). The summed E-state index contributed by atoms with van der Waals surface area (Å²) in [5.74, 6) is 1.13. The van der Waals surface area contributed by atoms with Crippen LogP contribution in [0.25, 0.3) is 0 Å². The van der Waals surface area contributed by atoms with Crippen LogP contribution in [0.3, 0.4) is 0 Å². The van der Waals surface area contributed by atoms with Crippen molar-refractivity contribution in [1.82, 2.24) is 15.1 Å². The van der Waals surface area contributed by atoms with Crippen LogP contribution in [0.15, 0.2) is 6.20 Å². The lowest BCUT2D eigenvalue weighted by Crippen LogP contribution is -2.40. The molecule has 0 aromatic carbocycles. The molecule has 1 fully saturated rings. The van der Waals surface area contributed by atoms with Crippen LogP contribution in [0.2, 0.25) is 0 Å². The van der Waals surface area contributed by atoms with Gasteiger partial charge < -0.3 is 11.1 Å². The predicted molar refractivity (Wildman–Crippen MR) is 70.7 cm³/mol. The van der Waals surface area contributed by atoms with Gasteiger partial charge in [-0.1, -0.05) is 0 Å². The molecule has 1 saturated heterocycles. The largest absolute Gasteiger partial charge is 0.396 e. The Bertz CT molecular complexity index is 462. The average molecular weight is 270 g/mol. The molecular weight excluding hydrogens is 252 g/mol. The van der Waals surface area contributed by atoms with Crippen LogP contribution in [0.1, 0.15) is 30.3 Å². The molecule has 0 bridgehead atoms. The van der Waals surface area contributed by atoms with Gasteiger partial charge in [-0.25, -0.2) is 0 Å². The van der Waals surface area contributed by atoms with Gasteiger partial charge in [0.15, 0.2) is 0 Å². The van der Waals surface area contributed by atoms with Gasteiger partial charge in [-0.05, 0) is 19.8 Å². The molecule has 0 spiro atoms. The molecule has 0 radical (unpaired) electrons. The first-order valence-corrected chi connectivity index (χ1v) is 7.57. The van der Waals surface area contributed by atoms with E-state index in [-0.39, 0.29) is 11.9 Å². The molecule has 1 aromatic rings. The molecule has 7 heteroatoms. The molecule has 0 saturated carbocycles. The molecule has 0 atom stereocenters. The Morgan fingerprint density at radius 1 is 1.61 bits per heavy atom. The Morgan fingerprint density at radius 2 is 2.28 bits per heavy atom. The lowest BCUT2D eigenvalue weighted by Gasteiger charge is -2.22. The van der Waals surface area contributed by atoms with E-state index in [4.69, 9.17) is 5.73 Å². The Hall–Kier alpha value is -1.37. The van der Waals surface area contributed by atoms with Gasteiger partial charge in [-0.2, -0.15) is 5.10 Å². The third-order valence-corrected chi connectivity index (χ3v) is 4.49. The summed E-state index contributed by atoms with van der Waals surface area (Å²) < 4.78 is 12.8. The Morgan fingerprint density at radius 3 is 2.89 bits per heavy atom. The molecule has 18 heavy (non-hydrogen) atoms. The normalized spacial score (nSPS) is 23.8. The van der Waals surface area contributed by atoms with Crippen molar-refractivity contribution in [3.05, 3.63) is 11.9 Å². The van der Waals surface area contributed by atoms with E-state index in [9.17, 15) is 9.00 Å². The van der Waals surface area contributed by atoms with Gasteiger partial charge in [0.05, 0.1) is 11.9 Å². The summed E-state index contributed by atoms with van der Waals surface area (Å²) in [5, 5.41) is 6.99. The minimum absolute atomic E-state index is 0.0924. The van der Waals surface area contributed by atoms with Gasteiger partial charge in [0.2, 0.25) is 0 Å². The van der Waals surface area contributed by atoms with Crippen LogP contribution in [0.4, 0.5) is 5.69 Å². The smallest absolute Gasteiger partial charge is 0.271 e. The van der Waals surface area contributed by atoms with E-state index in [2.05, 4.69) is 10.4 Å². The number of nitrogens with one attached hydrogen (secondary N) is 1. The summed E-state index contributed by atoms with van der Waals surface area (Å²) in [7, 11) is -0.716. The number of rotatable bonds is 3. The van der Waals surface area contributed by atoms with E-state index < -0.39 is 10.8 Å². The third kappa shape index (κ3) is 2.72. The number of aryl methyl sites for hydroxylation is 1. The van der Waals surface area contributed by atoms with Gasteiger partial charge in [0, 0.05) is 34.9 Å². The highest BCUT2D eigenvalue weighted by Gasteiger charge is 2.23. The van der Waals surface area contributed by atoms with Gasteiger partial charge in [-0.15, -0.1) is 0 Å². The van der Waals surface area contributed by atoms with Crippen molar-refractivity contribution in [2.75, 3.05) is 17.2 Å². The number of nitrogens with zero attached hydrogens (tertiary/aromatic N) is 2. The summed E-state index contributed by atoms with van der Waals surface area (Å²) in [5.41, 5.74) is 6.57. The molecule has 2 rings (SSSR count). The second-order valence-electron chi connectivity index (χ2n) is 4.36. The molecule has 0 aliphatic carbocycles. The third-order valence-electron chi connectivity index (χ3n) is 3.11. The maximum atomic E-state index is 12.1. The monoisotopic (exact) mass is 270 g/mol. The fourth-order valence-electron chi connectivity index (χ4n) is 2.08. The molecule has 1 amide bonds. The number of carbonyl (C=O) groups excluding carboxylic acids is 1. The molecule has 1 aliphatic rings. The maximum Gasteiger partial charge on any atom is 0.271 e. The van der Waals surface area contributed by atoms with Crippen LogP contribution >= 0.6 is 0 Å². The van der Waals surface area contributed by atoms with Crippen molar-refractivity contribution in [2.45, 2.75) is 32.4 Å². The van der Waals surface area contributed by atoms with Gasteiger partial charge in [0.25, 0.3) is 5.91 Å². The Labute approximate surface area is 108 Å². The van der Waals surface area contributed by atoms with Crippen molar-refractivity contribution in [3.63, 3.8) is 0 Å². The highest BCUT2D eigenvalue weighted by atomic mass is 32.2. The molecule has 100 valence electrons. The fourth-order valence-corrected chi connectivity index (χ4v) is 3.38. The summed E-state index contributed by atoms with van der Waals surface area (Å²) in [4.78, 5) is 12.1. The topological polar surface area (TPSA) is 90.0 Å². The van der Waals surface area contributed by atoms with E-state index in [1.807, 2.05) is 6.92 Å². The van der Waals surface area contributed by atoms with Gasteiger partial charge in [0.1, 0.15) is 5.69 Å². The first kappa shape index (κ1) is 13.1. The van der Waals surface area contributed by atoms with Gasteiger partial charge in [-0.3, -0.25) is 13.7 Å². The molecule has 2 heterocycles. The Kier molecular flexibility index (Phi) is 4.00. The van der Waals surface area contributed by atoms with Crippen molar-refractivity contribution in [1.29, 1.82) is 0 Å². The number of anilines is 1. The van der Waals surface area contributed by atoms with Crippen LogP contribution in [0.5, 0.6) is 0 Å². The quantitative estimate of drug-likeness (QED) is 0.816. The van der Waals surface area contributed by atoms with Crippen LogP contribution in [-0.4, -0.2) is 37.4 Å². The van der Waals surface area contributed by atoms with E-state index in [1.165, 1.54) is 6.20 Å². The summed E-state index contributed by atoms with van der Waals surface area (Å²) >= 11 is 0. The average Bonchev–Trinajstić information content (AvgIpc) is 2.73. The number of amides is 1. The number of nitrogens with two attached hydrogens (primary N) is 1. The fraction of sp³-hybridized carbons (Fsp3) is 0.636. The number of aromatic nitrogens is 2. The van der Waals surface area contributed by atoms with E-state index >= 15 is 0 Å². The molecular formula is C11H18N4O2S. The van der Waals surface area contributed by atoms with Crippen LogP contribution in [0, 0.1) is 0 Å². The van der Waals surface area contributed by atoms with Crippen molar-refractivity contribution in [2.24, 2.45) is 0 Å². The first-order valence-electron chi connectivity index (χ1n) is 6.09. The summed E-state index contributed by atoms with van der Waals surface area (Å²) in [6, 6.07) is 0.0924. The number of hydrogen-bond donors (Lipinski definition) is 2. The highest BCUT2D eigenvalue weighted by molar-refractivity contribution is 7.85. The maximum absolute atomic E-state index is 12.1. The predicted octanol–water partition coefficient (Wildman–Crippen LogP) is 0.126. The second-order valence-corrected chi connectivity index (χ2v) is 6.06. The summed E-state index contributed by atoms with van der Waals surface area (Å²) in [6.45, 7) is 2.52. The SMILES string of the molecule is CCn1ncc(N)c1C(=O)NC1CCS(=O)CC1. The van der Waals surface area contributed by atoms with E-state index in [0.29, 0.717) is 29.4 Å². The molecule has 3 N–H and O–H groups in total. The summed E-state index contributed by atoms with van der Waals surface area (Å²) in [6.07, 6.45) is 3.02. The second kappa shape index (κ2) is 5.51. The minimum Gasteiger partial charge on any atom is -0.396 e. The number of hydrogen-bond acceptors (Lipinski definition) is 4. The van der Waals surface area contributed by atoms with Crippen LogP contribution in [-0.2, 0) is 17.3 Å². The Balaban J connectivity index is 2.03. The zero-order valence-corrected chi connectivity index (χ0v) is 11.2. The van der Waals surface area contributed by atoms with Crippen molar-refractivity contribution in [3.8, 4) is 0 Å². The van der Waals surface area contributed by atoms with E-state index in [1.54, 1.807) is 4.68 Å². The lowest BCUT2D eigenvalue weighted by atomic mass is 10.1. The molecule has 0 unspecified atom stereocenters. The lowest BCUT2D eigenvalue weighted by molar-refractivity contribution is 0.0924. The first-order chi connectivity index (χ1) is 8.61. The highest BCUT2D eigenvalue weighted by Crippen LogP contribution is 2.14. The molecule has 1 aromatic heterocycles. The molecule has 6 nitrogen and oxygen atoms in total. The van der Waals surface area contributed by atoms with Crippen LogP contribution < -0.4 is 11.1 Å². The molecule has 1 aliphatic heterocycles.